The number of rotatable bonds is 5. The van der Waals surface area contributed by atoms with Gasteiger partial charge in [0.1, 0.15) is 11.5 Å². The molecule has 0 fully saturated rings. The van der Waals surface area contributed by atoms with Crippen LogP contribution in [0.1, 0.15) is 22.3 Å². The van der Waals surface area contributed by atoms with Crippen molar-refractivity contribution in [2.24, 2.45) is 0 Å². The second-order valence-electron chi connectivity index (χ2n) is 16.6. The third kappa shape index (κ3) is 5.57. The predicted octanol–water partition coefficient (Wildman–Crippen LogP) is 14.4. The van der Waals surface area contributed by atoms with E-state index in [1.165, 1.54) is 16.3 Å². The van der Waals surface area contributed by atoms with Crippen LogP contribution in [-0.2, 0) is 5.41 Å². The van der Waals surface area contributed by atoms with Crippen molar-refractivity contribution in [1.82, 2.24) is 19.9 Å². The van der Waals surface area contributed by atoms with E-state index in [1.807, 2.05) is 24.4 Å². The summed E-state index contributed by atoms with van der Waals surface area (Å²) < 4.78 is 6.73. The number of hydrogen-bond acceptors (Lipinski definition) is 5. The number of aromatic nitrogens is 4. The molecule has 1 spiro atoms. The summed E-state index contributed by atoms with van der Waals surface area (Å²) in [6.45, 7) is 0. The molecule has 0 saturated heterocycles. The van der Waals surface area contributed by atoms with E-state index in [4.69, 9.17) is 19.7 Å². The molecule has 64 heavy (non-hydrogen) atoms. The van der Waals surface area contributed by atoms with Gasteiger partial charge in [-0.1, -0.05) is 170 Å². The Kier molecular flexibility index (Phi) is 8.06. The summed E-state index contributed by atoms with van der Waals surface area (Å²) in [6, 6.07) is 75.0. The van der Waals surface area contributed by atoms with Crippen molar-refractivity contribution >= 4 is 21.5 Å². The van der Waals surface area contributed by atoms with Gasteiger partial charge < -0.3 is 4.74 Å². The number of nitrogens with zero attached hydrogens (tertiary/aromatic N) is 4. The molecule has 11 aromatic rings. The van der Waals surface area contributed by atoms with Gasteiger partial charge in [-0.2, -0.15) is 0 Å². The molecule has 0 unspecified atom stereocenters. The molecule has 5 nitrogen and oxygen atoms in total. The quantitative estimate of drug-likeness (QED) is 0.173. The second-order valence-corrected chi connectivity index (χ2v) is 16.6. The fraction of sp³-hybridized carbons (Fsp3) is 0.0169. The van der Waals surface area contributed by atoms with Crippen LogP contribution < -0.4 is 4.74 Å². The van der Waals surface area contributed by atoms with E-state index in [9.17, 15) is 0 Å². The Hall–Kier alpha value is -8.54. The molecule has 9 aromatic carbocycles. The lowest BCUT2D eigenvalue weighted by atomic mass is 9.66. The van der Waals surface area contributed by atoms with Gasteiger partial charge in [0.2, 0.25) is 0 Å². The zero-order valence-electron chi connectivity index (χ0n) is 34.5. The Balaban J connectivity index is 1.07. The second kappa shape index (κ2) is 14.3. The molecular weight excluding hydrogens is 781 g/mol. The fourth-order valence-corrected chi connectivity index (χ4v) is 10.1. The highest BCUT2D eigenvalue weighted by Crippen LogP contribution is 2.63. The van der Waals surface area contributed by atoms with Gasteiger partial charge in [0.25, 0.3) is 0 Å². The first-order valence-corrected chi connectivity index (χ1v) is 21.6. The van der Waals surface area contributed by atoms with Crippen LogP contribution in [-0.4, -0.2) is 19.9 Å². The van der Waals surface area contributed by atoms with Crippen LogP contribution in [0.15, 0.2) is 219 Å². The minimum atomic E-state index is -0.703. The molecule has 2 aliphatic rings. The van der Waals surface area contributed by atoms with Crippen molar-refractivity contribution in [3.05, 3.63) is 241 Å². The molecule has 0 radical (unpaired) electrons. The van der Waals surface area contributed by atoms with Crippen molar-refractivity contribution in [3.8, 4) is 79.2 Å². The van der Waals surface area contributed by atoms with Crippen molar-refractivity contribution in [2.75, 3.05) is 0 Å². The Morgan fingerprint density at radius 2 is 0.859 bits per heavy atom. The highest BCUT2D eigenvalue weighted by Gasteiger charge is 2.52. The normalized spacial score (nSPS) is 12.9. The van der Waals surface area contributed by atoms with Crippen LogP contribution in [0, 0.1) is 0 Å². The van der Waals surface area contributed by atoms with Crippen LogP contribution in [0.25, 0.3) is 89.2 Å². The smallest absolute Gasteiger partial charge is 0.164 e. The van der Waals surface area contributed by atoms with Gasteiger partial charge in [-0.05, 0) is 97.4 Å². The minimum absolute atomic E-state index is 0.615. The first-order valence-electron chi connectivity index (χ1n) is 21.6. The summed E-state index contributed by atoms with van der Waals surface area (Å²) in [5.74, 6) is 3.54. The predicted molar refractivity (Wildman–Crippen MR) is 257 cm³/mol. The zero-order chi connectivity index (χ0) is 42.2. The highest BCUT2D eigenvalue weighted by molar-refractivity contribution is 5.97. The summed E-state index contributed by atoms with van der Waals surface area (Å²) in [7, 11) is 0. The monoisotopic (exact) mass is 816 g/mol. The number of hydrogen-bond donors (Lipinski definition) is 0. The van der Waals surface area contributed by atoms with Gasteiger partial charge in [0.05, 0.1) is 11.1 Å². The van der Waals surface area contributed by atoms with E-state index in [-0.39, 0.29) is 0 Å². The topological polar surface area (TPSA) is 60.8 Å². The molecule has 298 valence electrons. The fourth-order valence-electron chi connectivity index (χ4n) is 10.1. The molecule has 1 aliphatic heterocycles. The lowest BCUT2D eigenvalue weighted by Gasteiger charge is -2.39. The summed E-state index contributed by atoms with van der Waals surface area (Å²) in [6.07, 6.45) is 1.84. The first kappa shape index (κ1) is 36.1. The molecule has 0 atom stereocenters. The lowest BCUT2D eigenvalue weighted by molar-refractivity contribution is 0.436. The van der Waals surface area contributed by atoms with E-state index in [0.29, 0.717) is 17.5 Å². The summed E-state index contributed by atoms with van der Waals surface area (Å²) in [5.41, 5.74) is 13.1. The van der Waals surface area contributed by atoms with E-state index in [0.717, 1.165) is 89.2 Å². The van der Waals surface area contributed by atoms with Crippen molar-refractivity contribution in [2.45, 2.75) is 5.41 Å². The van der Waals surface area contributed by atoms with Gasteiger partial charge in [-0.15, -0.1) is 0 Å². The average Bonchev–Trinajstić information content (AvgIpc) is 3.66. The van der Waals surface area contributed by atoms with Gasteiger partial charge in [-0.25, -0.2) is 15.0 Å². The van der Waals surface area contributed by atoms with E-state index < -0.39 is 5.41 Å². The van der Waals surface area contributed by atoms with Crippen LogP contribution in [0.3, 0.4) is 0 Å². The molecule has 2 aromatic heterocycles. The third-order valence-electron chi connectivity index (χ3n) is 13.0. The summed E-state index contributed by atoms with van der Waals surface area (Å²) in [4.78, 5) is 20.6. The number of fused-ring (bicyclic) bond motifs is 11. The molecule has 0 bridgehead atoms. The largest absolute Gasteiger partial charge is 0.457 e. The van der Waals surface area contributed by atoms with E-state index in [1.54, 1.807) is 0 Å². The van der Waals surface area contributed by atoms with Crippen molar-refractivity contribution in [3.63, 3.8) is 0 Å². The maximum Gasteiger partial charge on any atom is 0.164 e. The first-order chi connectivity index (χ1) is 31.7. The van der Waals surface area contributed by atoms with Crippen LogP contribution in [0.5, 0.6) is 11.5 Å². The van der Waals surface area contributed by atoms with Crippen molar-refractivity contribution in [1.29, 1.82) is 0 Å². The lowest BCUT2D eigenvalue weighted by Crippen LogP contribution is -2.32. The summed E-state index contributed by atoms with van der Waals surface area (Å²) in [5, 5.41) is 4.59. The number of ether oxygens (including phenoxy) is 1. The standard InChI is InChI=1S/C59H36N4O/c1-3-14-41-34-44(29-25-37(41)12-1)56-61-57(45-30-26-38-13-2-4-15-42(38)35-45)63-58(62-56)47-16-11-19-50-55(47)46-32-31-43(39-23-27-40(28-24-39)52-20-9-10-33-60-52)36-51(46)59(50)48-17-5-7-21-53(48)64-54-22-8-6-18-49(54)59/h1-36H. The minimum Gasteiger partial charge on any atom is -0.457 e. The Bertz CT molecular complexity index is 3510. The highest BCUT2D eigenvalue weighted by atomic mass is 16.5. The van der Waals surface area contributed by atoms with E-state index >= 15 is 0 Å². The molecule has 0 amide bonds. The average molecular weight is 817 g/mol. The Labute approximate surface area is 370 Å². The number of benzene rings is 9. The maximum atomic E-state index is 6.73. The van der Waals surface area contributed by atoms with Gasteiger partial charge >= 0.3 is 0 Å². The van der Waals surface area contributed by atoms with Crippen LogP contribution in [0.4, 0.5) is 0 Å². The number of pyridine rings is 1. The molecule has 1 aliphatic carbocycles. The molecule has 0 N–H and O–H groups in total. The van der Waals surface area contributed by atoms with Crippen LogP contribution >= 0.6 is 0 Å². The zero-order valence-corrected chi connectivity index (χ0v) is 34.5. The Morgan fingerprint density at radius 1 is 0.328 bits per heavy atom. The summed E-state index contributed by atoms with van der Waals surface area (Å²) >= 11 is 0. The third-order valence-corrected chi connectivity index (χ3v) is 13.0. The Morgan fingerprint density at radius 3 is 1.50 bits per heavy atom. The molecule has 13 rings (SSSR count). The van der Waals surface area contributed by atoms with Gasteiger partial charge in [-0.3, -0.25) is 4.98 Å². The SMILES string of the molecule is c1ccc(-c2ccc(-c3ccc4c(c3)C3(c5ccccc5Oc5ccccc53)c3cccc(-c5nc(-c6ccc7ccccc7c6)nc(-c6ccc7ccccc7c6)n5)c3-4)cc2)nc1. The number of para-hydroxylation sites is 2. The van der Waals surface area contributed by atoms with Crippen LogP contribution in [0.2, 0.25) is 0 Å². The maximum absolute atomic E-state index is 6.73. The van der Waals surface area contributed by atoms with Crippen molar-refractivity contribution < 1.29 is 4.74 Å². The van der Waals surface area contributed by atoms with Gasteiger partial charge in [0, 0.05) is 39.6 Å². The van der Waals surface area contributed by atoms with Gasteiger partial charge in [0.15, 0.2) is 17.5 Å². The van der Waals surface area contributed by atoms with E-state index in [2.05, 4.69) is 199 Å². The molecule has 0 saturated carbocycles. The molecule has 3 heterocycles. The molecule has 5 heteroatoms. The molecular formula is C59H36N4O.